The summed E-state index contributed by atoms with van der Waals surface area (Å²) in [7, 11) is 0. The highest BCUT2D eigenvalue weighted by Gasteiger charge is 2.38. The maximum atomic E-state index is 13.3. The molecule has 2 aliphatic rings. The molecule has 0 aliphatic carbocycles. The topological polar surface area (TPSA) is 93.8 Å². The Hall–Kier alpha value is -3.07. The van der Waals surface area contributed by atoms with E-state index in [1.807, 2.05) is 18.2 Å². The first-order valence-electron chi connectivity index (χ1n) is 10.3. The highest BCUT2D eigenvalue weighted by atomic mass is 32.2. The van der Waals surface area contributed by atoms with Crippen LogP contribution in [0.3, 0.4) is 0 Å². The van der Waals surface area contributed by atoms with Crippen molar-refractivity contribution in [3.63, 3.8) is 0 Å². The maximum Gasteiger partial charge on any atom is 0.260 e. The Morgan fingerprint density at radius 3 is 2.42 bits per heavy atom. The van der Waals surface area contributed by atoms with Crippen LogP contribution >= 0.6 is 11.8 Å². The number of benzene rings is 1. The summed E-state index contributed by atoms with van der Waals surface area (Å²) in [4.78, 5) is 58.4. The highest BCUT2D eigenvalue weighted by molar-refractivity contribution is 7.99. The number of hydrogen-bond donors (Lipinski definition) is 1. The number of hydrogen-bond acceptors (Lipinski definition) is 5. The number of H-pyrrole nitrogens is 1. The number of aromatic amines is 1. The van der Waals surface area contributed by atoms with Crippen molar-refractivity contribution in [2.24, 2.45) is 0 Å². The third-order valence-electron chi connectivity index (χ3n) is 5.59. The largest absolute Gasteiger partial charge is 0.339 e. The number of carbonyl (C=O) groups is 3. The van der Waals surface area contributed by atoms with Gasteiger partial charge < -0.3 is 19.7 Å². The first kappa shape index (κ1) is 21.2. The molecule has 1 aromatic carbocycles. The molecule has 1 atom stereocenters. The van der Waals surface area contributed by atoms with Crippen molar-refractivity contribution >= 4 is 29.5 Å². The van der Waals surface area contributed by atoms with Crippen molar-refractivity contribution < 1.29 is 14.4 Å². The smallest absolute Gasteiger partial charge is 0.260 e. The van der Waals surface area contributed by atoms with E-state index in [1.165, 1.54) is 12.3 Å². The van der Waals surface area contributed by atoms with E-state index in [1.54, 1.807) is 44.7 Å². The zero-order valence-corrected chi connectivity index (χ0v) is 17.8. The van der Waals surface area contributed by atoms with Crippen molar-refractivity contribution in [2.45, 2.75) is 12.5 Å². The van der Waals surface area contributed by atoms with E-state index in [2.05, 4.69) is 4.98 Å². The third kappa shape index (κ3) is 4.51. The molecule has 31 heavy (non-hydrogen) atoms. The minimum atomic E-state index is -0.503. The molecule has 0 radical (unpaired) electrons. The molecule has 2 fully saturated rings. The summed E-state index contributed by atoms with van der Waals surface area (Å²) >= 11 is 1.57. The molecular weight excluding hydrogens is 416 g/mol. The van der Waals surface area contributed by atoms with Gasteiger partial charge in [-0.1, -0.05) is 18.2 Å². The zero-order chi connectivity index (χ0) is 21.8. The van der Waals surface area contributed by atoms with Crippen molar-refractivity contribution in [3.05, 3.63) is 70.1 Å². The molecule has 0 saturated carbocycles. The lowest BCUT2D eigenvalue weighted by molar-refractivity contribution is -0.134. The normalized spacial score (nSPS) is 19.2. The van der Waals surface area contributed by atoms with Gasteiger partial charge in [-0.3, -0.25) is 19.2 Å². The van der Waals surface area contributed by atoms with Gasteiger partial charge in [-0.15, -0.1) is 11.8 Å². The number of nitrogens with one attached hydrogen (secondary N) is 1. The average molecular weight is 441 g/mol. The molecule has 8 nitrogen and oxygen atoms in total. The minimum Gasteiger partial charge on any atom is -0.339 e. The standard InChI is InChI=1S/C22H24N4O4S/c27-19-17(8-4-9-23-19)21(29)24-10-5-11-25(13-12-24)22(30)18-14-31-15-26(18)20(28)16-6-2-1-3-7-16/h1-4,6-9,18H,5,10-15H2,(H,23,27)/t18-/m1/s1. The lowest BCUT2D eigenvalue weighted by Crippen LogP contribution is -2.50. The fraction of sp³-hybridized carbons (Fsp3) is 0.364. The summed E-state index contributed by atoms with van der Waals surface area (Å²) in [6.45, 7) is 1.72. The van der Waals surface area contributed by atoms with Crippen LogP contribution in [0, 0.1) is 0 Å². The zero-order valence-electron chi connectivity index (χ0n) is 17.0. The van der Waals surface area contributed by atoms with Gasteiger partial charge in [0.1, 0.15) is 11.6 Å². The quantitative estimate of drug-likeness (QED) is 0.776. The molecule has 1 N–H and O–H groups in total. The lowest BCUT2D eigenvalue weighted by atomic mass is 10.1. The summed E-state index contributed by atoms with van der Waals surface area (Å²) in [5.74, 6) is 0.503. The Morgan fingerprint density at radius 2 is 1.65 bits per heavy atom. The SMILES string of the molecule is O=C(c1ccc[nH]c1=O)N1CCCN(C(=O)[C@H]2CSCN2C(=O)c2ccccc2)CC1. The molecule has 0 unspecified atom stereocenters. The average Bonchev–Trinajstić information content (AvgIpc) is 3.16. The Bertz CT molecular complexity index is 1030. The van der Waals surface area contributed by atoms with Gasteiger partial charge >= 0.3 is 0 Å². The van der Waals surface area contributed by atoms with Crippen LogP contribution in [0.5, 0.6) is 0 Å². The second kappa shape index (κ2) is 9.38. The van der Waals surface area contributed by atoms with Crippen molar-refractivity contribution in [1.82, 2.24) is 19.7 Å². The Morgan fingerprint density at radius 1 is 0.903 bits per heavy atom. The van der Waals surface area contributed by atoms with E-state index in [0.29, 0.717) is 49.8 Å². The van der Waals surface area contributed by atoms with Crippen LogP contribution in [0.1, 0.15) is 27.1 Å². The van der Waals surface area contributed by atoms with E-state index in [9.17, 15) is 19.2 Å². The molecule has 0 bridgehead atoms. The maximum absolute atomic E-state index is 13.3. The number of nitrogens with zero attached hydrogens (tertiary/aromatic N) is 3. The van der Waals surface area contributed by atoms with Gasteiger partial charge in [-0.2, -0.15) is 0 Å². The van der Waals surface area contributed by atoms with Crippen molar-refractivity contribution in [2.75, 3.05) is 37.8 Å². The molecule has 3 heterocycles. The summed E-state index contributed by atoms with van der Waals surface area (Å²) in [5.41, 5.74) is 0.264. The molecule has 0 spiro atoms. The number of aromatic nitrogens is 1. The first-order valence-corrected chi connectivity index (χ1v) is 11.4. The molecule has 9 heteroatoms. The highest BCUT2D eigenvalue weighted by Crippen LogP contribution is 2.25. The van der Waals surface area contributed by atoms with Gasteiger partial charge in [0.15, 0.2) is 0 Å². The molecule has 2 aliphatic heterocycles. The Kier molecular flexibility index (Phi) is 6.41. The monoisotopic (exact) mass is 440 g/mol. The van der Waals surface area contributed by atoms with Crippen LogP contribution in [0.2, 0.25) is 0 Å². The Balaban J connectivity index is 1.42. The summed E-state index contributed by atoms with van der Waals surface area (Å²) in [6, 6.07) is 11.6. The molecule has 3 amide bonds. The van der Waals surface area contributed by atoms with Crippen LogP contribution in [0.25, 0.3) is 0 Å². The van der Waals surface area contributed by atoms with E-state index >= 15 is 0 Å². The minimum absolute atomic E-state index is 0.0823. The van der Waals surface area contributed by atoms with Crippen LogP contribution in [-0.4, -0.2) is 81.3 Å². The van der Waals surface area contributed by atoms with Gasteiger partial charge in [0, 0.05) is 43.7 Å². The van der Waals surface area contributed by atoms with Crippen molar-refractivity contribution in [3.8, 4) is 0 Å². The van der Waals surface area contributed by atoms with Gasteiger partial charge in [0.2, 0.25) is 5.91 Å². The predicted octanol–water partition coefficient (Wildman–Crippen LogP) is 1.26. The summed E-state index contributed by atoms with van der Waals surface area (Å²) in [6.07, 6.45) is 2.11. The third-order valence-corrected chi connectivity index (χ3v) is 6.60. The van der Waals surface area contributed by atoms with Crippen LogP contribution in [0.15, 0.2) is 53.5 Å². The number of amides is 3. The molecular formula is C22H24N4O4S. The van der Waals surface area contributed by atoms with Gasteiger partial charge in [-0.25, -0.2) is 0 Å². The second-order valence-corrected chi connectivity index (χ2v) is 8.54. The Labute approximate surface area is 184 Å². The number of carbonyl (C=O) groups excluding carboxylic acids is 3. The van der Waals surface area contributed by atoms with E-state index < -0.39 is 11.6 Å². The fourth-order valence-corrected chi connectivity index (χ4v) is 5.05. The number of thioether (sulfide) groups is 1. The molecule has 4 rings (SSSR count). The number of rotatable bonds is 3. The van der Waals surface area contributed by atoms with Crippen LogP contribution in [0.4, 0.5) is 0 Å². The van der Waals surface area contributed by atoms with Gasteiger partial charge in [0.25, 0.3) is 17.4 Å². The van der Waals surface area contributed by atoms with Crippen molar-refractivity contribution in [1.29, 1.82) is 0 Å². The van der Waals surface area contributed by atoms with E-state index in [0.717, 1.165) is 0 Å². The lowest BCUT2D eigenvalue weighted by Gasteiger charge is -2.29. The molecule has 2 aromatic rings. The molecule has 1 aromatic heterocycles. The number of pyridine rings is 1. The van der Waals surface area contributed by atoms with Gasteiger partial charge in [0.05, 0.1) is 5.88 Å². The van der Waals surface area contributed by atoms with Gasteiger partial charge in [-0.05, 0) is 30.7 Å². The predicted molar refractivity (Wildman–Crippen MR) is 118 cm³/mol. The van der Waals surface area contributed by atoms with Crippen LogP contribution < -0.4 is 5.56 Å². The van der Waals surface area contributed by atoms with Crippen LogP contribution in [-0.2, 0) is 4.79 Å². The summed E-state index contributed by atoms with van der Waals surface area (Å²) < 4.78 is 0. The molecule has 2 saturated heterocycles. The fourth-order valence-electron chi connectivity index (χ4n) is 3.91. The summed E-state index contributed by atoms with van der Waals surface area (Å²) in [5, 5.41) is 0. The van der Waals surface area contributed by atoms with E-state index in [4.69, 9.17) is 0 Å². The van der Waals surface area contributed by atoms with E-state index in [-0.39, 0.29) is 23.3 Å². The molecule has 162 valence electrons. The second-order valence-electron chi connectivity index (χ2n) is 7.54. The first-order chi connectivity index (χ1) is 15.1.